The number of carbonyl (C=O) groups is 1. The SMILES string of the molecule is CC(C)(C)c1cccc(OCCC(=O)n2ccnc2)c1. The van der Waals surface area contributed by atoms with E-state index >= 15 is 0 Å². The summed E-state index contributed by atoms with van der Waals surface area (Å²) in [7, 11) is 0. The molecule has 20 heavy (non-hydrogen) atoms. The van der Waals surface area contributed by atoms with Gasteiger partial charge in [0.1, 0.15) is 12.1 Å². The van der Waals surface area contributed by atoms with E-state index in [9.17, 15) is 4.79 Å². The molecule has 2 rings (SSSR count). The van der Waals surface area contributed by atoms with Gasteiger partial charge in [-0.1, -0.05) is 32.9 Å². The van der Waals surface area contributed by atoms with Gasteiger partial charge >= 0.3 is 0 Å². The van der Waals surface area contributed by atoms with Gasteiger partial charge in [-0.25, -0.2) is 4.98 Å². The van der Waals surface area contributed by atoms with E-state index in [1.54, 1.807) is 12.4 Å². The van der Waals surface area contributed by atoms with Crippen molar-refractivity contribution in [3.8, 4) is 5.75 Å². The summed E-state index contributed by atoms with van der Waals surface area (Å²) in [6, 6.07) is 8.01. The Hall–Kier alpha value is -2.10. The minimum Gasteiger partial charge on any atom is -0.493 e. The number of hydrogen-bond acceptors (Lipinski definition) is 3. The Bertz CT molecular complexity index is 568. The van der Waals surface area contributed by atoms with Crippen LogP contribution in [-0.4, -0.2) is 22.1 Å². The Kier molecular flexibility index (Phi) is 4.23. The molecule has 0 saturated heterocycles. The lowest BCUT2D eigenvalue weighted by molar-refractivity contribution is 0.0881. The third kappa shape index (κ3) is 3.70. The van der Waals surface area contributed by atoms with Crippen molar-refractivity contribution in [2.24, 2.45) is 0 Å². The second kappa shape index (κ2) is 5.90. The van der Waals surface area contributed by atoms with Crippen LogP contribution in [0.3, 0.4) is 0 Å². The standard InChI is InChI=1S/C16H20N2O2/c1-16(2,3)13-5-4-6-14(11-13)20-10-7-15(19)18-9-8-17-12-18/h4-6,8-9,11-12H,7,10H2,1-3H3. The van der Waals surface area contributed by atoms with E-state index in [0.717, 1.165) is 5.75 Å². The molecule has 4 heteroatoms. The molecular weight excluding hydrogens is 252 g/mol. The van der Waals surface area contributed by atoms with Gasteiger partial charge in [-0.15, -0.1) is 0 Å². The molecule has 0 spiro atoms. The zero-order chi connectivity index (χ0) is 14.6. The molecule has 1 aromatic heterocycles. The number of hydrogen-bond donors (Lipinski definition) is 0. The first-order valence-corrected chi connectivity index (χ1v) is 6.71. The van der Waals surface area contributed by atoms with Crippen molar-refractivity contribution >= 4 is 5.91 Å². The Balaban J connectivity index is 1.90. The summed E-state index contributed by atoms with van der Waals surface area (Å²) in [6.07, 6.45) is 5.06. The highest BCUT2D eigenvalue weighted by atomic mass is 16.5. The number of nitrogens with zero attached hydrogens (tertiary/aromatic N) is 2. The van der Waals surface area contributed by atoms with Crippen molar-refractivity contribution in [2.45, 2.75) is 32.6 Å². The number of aromatic nitrogens is 2. The molecule has 106 valence electrons. The van der Waals surface area contributed by atoms with Crippen LogP contribution in [0, 0.1) is 0 Å². The number of rotatable bonds is 4. The molecule has 0 N–H and O–H groups in total. The van der Waals surface area contributed by atoms with Crippen LogP contribution in [0.25, 0.3) is 0 Å². The van der Waals surface area contributed by atoms with Gasteiger partial charge in [0, 0.05) is 12.4 Å². The maximum absolute atomic E-state index is 11.8. The minimum absolute atomic E-state index is 0.0190. The lowest BCUT2D eigenvalue weighted by Gasteiger charge is -2.19. The summed E-state index contributed by atoms with van der Waals surface area (Å²) in [5.41, 5.74) is 1.31. The van der Waals surface area contributed by atoms with Crippen LogP contribution in [0.15, 0.2) is 43.0 Å². The van der Waals surface area contributed by atoms with E-state index in [4.69, 9.17) is 4.74 Å². The molecular formula is C16H20N2O2. The summed E-state index contributed by atoms with van der Waals surface area (Å²) in [5.74, 6) is 0.783. The molecule has 0 saturated carbocycles. The molecule has 1 heterocycles. The highest BCUT2D eigenvalue weighted by molar-refractivity contribution is 5.78. The molecule has 0 aliphatic heterocycles. The lowest BCUT2D eigenvalue weighted by Crippen LogP contribution is -2.13. The number of ether oxygens (including phenoxy) is 1. The first kappa shape index (κ1) is 14.3. The molecule has 0 amide bonds. The van der Waals surface area contributed by atoms with Gasteiger partial charge in [-0.2, -0.15) is 0 Å². The normalized spacial score (nSPS) is 11.3. The van der Waals surface area contributed by atoms with Gasteiger partial charge in [0.15, 0.2) is 0 Å². The maximum Gasteiger partial charge on any atom is 0.235 e. The van der Waals surface area contributed by atoms with Crippen LogP contribution in [0.2, 0.25) is 0 Å². The number of carbonyl (C=O) groups excluding carboxylic acids is 1. The van der Waals surface area contributed by atoms with Crippen molar-refractivity contribution in [1.29, 1.82) is 0 Å². The van der Waals surface area contributed by atoms with E-state index in [0.29, 0.717) is 13.0 Å². The summed E-state index contributed by atoms with van der Waals surface area (Å²) in [6.45, 7) is 6.85. The molecule has 0 fully saturated rings. The smallest absolute Gasteiger partial charge is 0.235 e. The average molecular weight is 272 g/mol. The molecule has 1 aromatic carbocycles. The molecule has 0 unspecified atom stereocenters. The van der Waals surface area contributed by atoms with Crippen LogP contribution in [0.5, 0.6) is 5.75 Å². The van der Waals surface area contributed by atoms with Crippen molar-refractivity contribution < 1.29 is 9.53 Å². The van der Waals surface area contributed by atoms with Crippen LogP contribution in [-0.2, 0) is 5.41 Å². The first-order valence-electron chi connectivity index (χ1n) is 6.71. The van der Waals surface area contributed by atoms with E-state index in [2.05, 4.69) is 31.8 Å². The quantitative estimate of drug-likeness (QED) is 0.857. The lowest BCUT2D eigenvalue weighted by atomic mass is 9.87. The van der Waals surface area contributed by atoms with Crippen LogP contribution in [0.4, 0.5) is 0 Å². The first-order chi connectivity index (χ1) is 9.47. The summed E-state index contributed by atoms with van der Waals surface area (Å²) in [4.78, 5) is 15.6. The van der Waals surface area contributed by atoms with E-state index in [1.165, 1.54) is 16.5 Å². The van der Waals surface area contributed by atoms with Gasteiger partial charge in [0.05, 0.1) is 13.0 Å². The monoisotopic (exact) mass is 272 g/mol. The zero-order valence-electron chi connectivity index (χ0n) is 12.2. The van der Waals surface area contributed by atoms with Gasteiger partial charge in [0.25, 0.3) is 0 Å². The topological polar surface area (TPSA) is 44.1 Å². The van der Waals surface area contributed by atoms with Crippen molar-refractivity contribution in [2.75, 3.05) is 6.61 Å². The van der Waals surface area contributed by atoms with Gasteiger partial charge in [0.2, 0.25) is 5.91 Å². The fraction of sp³-hybridized carbons (Fsp3) is 0.375. The molecule has 0 atom stereocenters. The second-order valence-electron chi connectivity index (χ2n) is 5.74. The van der Waals surface area contributed by atoms with E-state index < -0.39 is 0 Å². The predicted octanol–water partition coefficient (Wildman–Crippen LogP) is 3.29. The van der Waals surface area contributed by atoms with Crippen molar-refractivity contribution in [1.82, 2.24) is 9.55 Å². The fourth-order valence-electron chi connectivity index (χ4n) is 1.84. The summed E-state index contributed by atoms with van der Waals surface area (Å²) >= 11 is 0. The van der Waals surface area contributed by atoms with Crippen LogP contribution < -0.4 is 4.74 Å². The summed E-state index contributed by atoms with van der Waals surface area (Å²) < 4.78 is 7.12. The third-order valence-electron chi connectivity index (χ3n) is 3.08. The Labute approximate surface area is 119 Å². The second-order valence-corrected chi connectivity index (χ2v) is 5.74. The third-order valence-corrected chi connectivity index (χ3v) is 3.08. The van der Waals surface area contributed by atoms with Crippen molar-refractivity contribution in [3.05, 3.63) is 48.5 Å². The van der Waals surface area contributed by atoms with Gasteiger partial charge < -0.3 is 4.74 Å². The Morgan fingerprint density at radius 3 is 2.80 bits per heavy atom. The van der Waals surface area contributed by atoms with E-state index in [1.807, 2.05) is 18.2 Å². The average Bonchev–Trinajstić information content (AvgIpc) is 2.92. The predicted molar refractivity (Wildman–Crippen MR) is 78.1 cm³/mol. The fourth-order valence-corrected chi connectivity index (χ4v) is 1.84. The minimum atomic E-state index is -0.0190. The number of imidazole rings is 1. The molecule has 4 nitrogen and oxygen atoms in total. The van der Waals surface area contributed by atoms with Crippen LogP contribution in [0.1, 0.15) is 37.6 Å². The highest BCUT2D eigenvalue weighted by Crippen LogP contribution is 2.25. The molecule has 0 radical (unpaired) electrons. The highest BCUT2D eigenvalue weighted by Gasteiger charge is 2.14. The molecule has 2 aromatic rings. The Morgan fingerprint density at radius 2 is 2.15 bits per heavy atom. The number of benzene rings is 1. The molecule has 0 aliphatic rings. The summed E-state index contributed by atoms with van der Waals surface area (Å²) in [5, 5.41) is 0. The largest absolute Gasteiger partial charge is 0.493 e. The maximum atomic E-state index is 11.8. The molecule has 0 aliphatic carbocycles. The Morgan fingerprint density at radius 1 is 1.35 bits per heavy atom. The van der Waals surface area contributed by atoms with E-state index in [-0.39, 0.29) is 11.3 Å². The van der Waals surface area contributed by atoms with Gasteiger partial charge in [-0.3, -0.25) is 9.36 Å². The zero-order valence-corrected chi connectivity index (χ0v) is 12.2. The molecule has 0 bridgehead atoms. The van der Waals surface area contributed by atoms with Crippen LogP contribution >= 0.6 is 0 Å². The van der Waals surface area contributed by atoms with Gasteiger partial charge in [-0.05, 0) is 23.1 Å². The van der Waals surface area contributed by atoms with Crippen molar-refractivity contribution in [3.63, 3.8) is 0 Å².